The van der Waals surface area contributed by atoms with Crippen molar-refractivity contribution in [3.63, 3.8) is 0 Å². The molecule has 0 aliphatic rings. The molecule has 0 saturated heterocycles. The van der Waals surface area contributed by atoms with E-state index in [0.717, 1.165) is 11.3 Å². The summed E-state index contributed by atoms with van der Waals surface area (Å²) in [5.41, 5.74) is 1.31. The third kappa shape index (κ3) is 4.74. The lowest BCUT2D eigenvalue weighted by Crippen LogP contribution is -2.13. The smallest absolute Gasteiger partial charge is 0.350 e. The largest absolute Gasteiger partial charge is 0.462 e. The van der Waals surface area contributed by atoms with Gasteiger partial charge in [-0.05, 0) is 25.1 Å². The molecule has 0 aliphatic heterocycles. The standard InChI is InChI=1S/C21H20N2O5S2/c1-3-28-20(25)18-17(14-9-6-5-7-10-14)22-21(29-18)23-19(24)15-11-8-12-16(13-15)30(26,27)4-2/h5-13H,3-4H2,1-2H3,(H,22,23,24). The Bertz CT molecular complexity index is 1170. The lowest BCUT2D eigenvalue weighted by Gasteiger charge is -2.05. The van der Waals surface area contributed by atoms with Crippen LogP contribution in [-0.2, 0) is 14.6 Å². The summed E-state index contributed by atoms with van der Waals surface area (Å²) in [6.07, 6.45) is 0. The first-order chi connectivity index (χ1) is 14.4. The fourth-order valence-electron chi connectivity index (χ4n) is 2.67. The average molecular weight is 445 g/mol. The maximum Gasteiger partial charge on any atom is 0.350 e. The van der Waals surface area contributed by atoms with Crippen molar-refractivity contribution in [3.8, 4) is 11.3 Å². The molecule has 0 spiro atoms. The highest BCUT2D eigenvalue weighted by Gasteiger charge is 2.22. The van der Waals surface area contributed by atoms with Crippen LogP contribution in [0, 0.1) is 0 Å². The molecule has 7 nitrogen and oxygen atoms in total. The molecule has 0 atom stereocenters. The van der Waals surface area contributed by atoms with Gasteiger partial charge in [0.1, 0.15) is 4.88 Å². The number of amides is 1. The molecule has 0 unspecified atom stereocenters. The number of carbonyl (C=O) groups is 2. The Morgan fingerprint density at radius 1 is 1.07 bits per heavy atom. The van der Waals surface area contributed by atoms with E-state index in [0.29, 0.717) is 11.3 Å². The van der Waals surface area contributed by atoms with E-state index in [-0.39, 0.29) is 32.8 Å². The van der Waals surface area contributed by atoms with Gasteiger partial charge < -0.3 is 4.74 Å². The molecule has 30 heavy (non-hydrogen) atoms. The number of rotatable bonds is 7. The first-order valence-corrected chi connectivity index (χ1v) is 11.7. The Morgan fingerprint density at radius 3 is 2.47 bits per heavy atom. The Morgan fingerprint density at radius 2 is 1.80 bits per heavy atom. The van der Waals surface area contributed by atoms with E-state index >= 15 is 0 Å². The number of sulfone groups is 1. The Labute approximate surface area is 178 Å². The number of anilines is 1. The zero-order valence-electron chi connectivity index (χ0n) is 16.4. The summed E-state index contributed by atoms with van der Waals surface area (Å²) in [5.74, 6) is -1.11. The minimum atomic E-state index is -3.44. The van der Waals surface area contributed by atoms with Crippen LogP contribution in [0.5, 0.6) is 0 Å². The van der Waals surface area contributed by atoms with Gasteiger partial charge in [0.25, 0.3) is 5.91 Å². The van der Waals surface area contributed by atoms with Crippen LogP contribution >= 0.6 is 11.3 Å². The van der Waals surface area contributed by atoms with Gasteiger partial charge in [-0.1, -0.05) is 54.7 Å². The van der Waals surface area contributed by atoms with E-state index in [2.05, 4.69) is 10.3 Å². The van der Waals surface area contributed by atoms with Crippen LogP contribution in [-0.4, -0.2) is 37.6 Å². The van der Waals surface area contributed by atoms with E-state index in [1.54, 1.807) is 13.8 Å². The van der Waals surface area contributed by atoms with E-state index in [4.69, 9.17) is 4.74 Å². The van der Waals surface area contributed by atoms with E-state index < -0.39 is 21.7 Å². The third-order valence-corrected chi connectivity index (χ3v) is 6.87. The first kappa shape index (κ1) is 21.7. The highest BCUT2D eigenvalue weighted by Crippen LogP contribution is 2.32. The highest BCUT2D eigenvalue weighted by atomic mass is 32.2. The third-order valence-electron chi connectivity index (χ3n) is 4.19. The molecule has 0 radical (unpaired) electrons. The lowest BCUT2D eigenvalue weighted by atomic mass is 10.1. The van der Waals surface area contributed by atoms with Gasteiger partial charge in [-0.2, -0.15) is 0 Å². The molecular formula is C21H20N2O5S2. The predicted molar refractivity (Wildman–Crippen MR) is 116 cm³/mol. The van der Waals surface area contributed by atoms with Gasteiger partial charge in [-0.25, -0.2) is 18.2 Å². The number of aromatic nitrogens is 1. The second-order valence-electron chi connectivity index (χ2n) is 6.17. The quantitative estimate of drug-likeness (QED) is 0.552. The van der Waals surface area contributed by atoms with Crippen molar-refractivity contribution in [2.75, 3.05) is 17.7 Å². The summed E-state index contributed by atoms with van der Waals surface area (Å²) < 4.78 is 29.3. The Hall–Kier alpha value is -3.04. The summed E-state index contributed by atoms with van der Waals surface area (Å²) in [6, 6.07) is 14.9. The number of hydrogen-bond donors (Lipinski definition) is 1. The summed E-state index contributed by atoms with van der Waals surface area (Å²) in [5, 5.41) is 2.86. The van der Waals surface area contributed by atoms with Crippen LogP contribution in [0.3, 0.4) is 0 Å². The molecule has 156 valence electrons. The van der Waals surface area contributed by atoms with Gasteiger partial charge in [-0.3, -0.25) is 10.1 Å². The predicted octanol–water partition coefficient (Wildman–Crippen LogP) is 4.03. The lowest BCUT2D eigenvalue weighted by molar-refractivity contribution is 0.0532. The molecule has 0 fully saturated rings. The van der Waals surface area contributed by atoms with Crippen LogP contribution in [0.25, 0.3) is 11.3 Å². The molecule has 3 rings (SSSR count). The number of nitrogens with zero attached hydrogens (tertiary/aromatic N) is 1. The number of nitrogens with one attached hydrogen (secondary N) is 1. The maximum absolute atomic E-state index is 12.7. The normalized spacial score (nSPS) is 11.1. The molecule has 0 bridgehead atoms. The minimum Gasteiger partial charge on any atom is -0.462 e. The number of esters is 1. The first-order valence-electron chi connectivity index (χ1n) is 9.23. The molecule has 1 aromatic heterocycles. The number of carbonyl (C=O) groups excluding carboxylic acids is 2. The second kappa shape index (κ2) is 9.19. The van der Waals surface area contributed by atoms with Crippen LogP contribution in [0.15, 0.2) is 59.5 Å². The molecule has 0 aliphatic carbocycles. The van der Waals surface area contributed by atoms with E-state index in [1.165, 1.54) is 24.3 Å². The van der Waals surface area contributed by atoms with E-state index in [9.17, 15) is 18.0 Å². The van der Waals surface area contributed by atoms with Crippen molar-refractivity contribution >= 4 is 38.2 Å². The molecule has 1 N–H and O–H groups in total. The Balaban J connectivity index is 1.93. The number of hydrogen-bond acceptors (Lipinski definition) is 7. The van der Waals surface area contributed by atoms with Crippen molar-refractivity contribution in [1.29, 1.82) is 0 Å². The van der Waals surface area contributed by atoms with Crippen molar-refractivity contribution in [1.82, 2.24) is 4.98 Å². The van der Waals surface area contributed by atoms with Gasteiger partial charge >= 0.3 is 5.97 Å². The molecule has 1 amide bonds. The van der Waals surface area contributed by atoms with Gasteiger partial charge in [-0.15, -0.1) is 0 Å². The Kier molecular flexibility index (Phi) is 6.63. The summed E-state index contributed by atoms with van der Waals surface area (Å²) >= 11 is 1.00. The molecule has 9 heteroatoms. The van der Waals surface area contributed by atoms with Crippen LogP contribution in [0.4, 0.5) is 5.13 Å². The topological polar surface area (TPSA) is 102 Å². The summed E-state index contributed by atoms with van der Waals surface area (Å²) in [7, 11) is -3.44. The van der Waals surface area contributed by atoms with Crippen LogP contribution < -0.4 is 5.32 Å². The van der Waals surface area contributed by atoms with Gasteiger partial charge in [0.15, 0.2) is 15.0 Å². The molecule has 2 aromatic carbocycles. The van der Waals surface area contributed by atoms with Crippen LogP contribution in [0.1, 0.15) is 33.9 Å². The van der Waals surface area contributed by atoms with Crippen molar-refractivity contribution in [2.24, 2.45) is 0 Å². The zero-order valence-corrected chi connectivity index (χ0v) is 18.0. The molecular weight excluding hydrogens is 424 g/mol. The fraction of sp³-hybridized carbons (Fsp3) is 0.190. The van der Waals surface area contributed by atoms with Crippen molar-refractivity contribution < 1.29 is 22.7 Å². The van der Waals surface area contributed by atoms with Crippen molar-refractivity contribution in [3.05, 3.63) is 65.0 Å². The summed E-state index contributed by atoms with van der Waals surface area (Å²) in [4.78, 5) is 29.8. The molecule has 3 aromatic rings. The molecule has 0 saturated carbocycles. The minimum absolute atomic E-state index is 0.0616. The fourth-order valence-corrected chi connectivity index (χ4v) is 4.47. The van der Waals surface area contributed by atoms with Crippen molar-refractivity contribution in [2.45, 2.75) is 18.7 Å². The maximum atomic E-state index is 12.7. The number of benzene rings is 2. The van der Waals surface area contributed by atoms with Gasteiger partial charge in [0.2, 0.25) is 0 Å². The summed E-state index contributed by atoms with van der Waals surface area (Å²) in [6.45, 7) is 3.46. The monoisotopic (exact) mass is 444 g/mol. The van der Waals surface area contributed by atoms with E-state index in [1.807, 2.05) is 30.3 Å². The highest BCUT2D eigenvalue weighted by molar-refractivity contribution is 7.91. The number of thiazole rings is 1. The zero-order chi connectivity index (χ0) is 21.7. The number of ether oxygens (including phenoxy) is 1. The molecule has 1 heterocycles. The van der Waals surface area contributed by atoms with Gasteiger partial charge in [0.05, 0.1) is 22.9 Å². The second-order valence-corrected chi connectivity index (χ2v) is 9.45. The SMILES string of the molecule is CCOC(=O)c1sc(NC(=O)c2cccc(S(=O)(=O)CC)c2)nc1-c1ccccc1. The van der Waals surface area contributed by atoms with Gasteiger partial charge in [0, 0.05) is 11.1 Å². The average Bonchev–Trinajstić information content (AvgIpc) is 3.18. The van der Waals surface area contributed by atoms with Crippen LogP contribution in [0.2, 0.25) is 0 Å².